The van der Waals surface area contributed by atoms with E-state index in [1.165, 1.54) is 177 Å². The Bertz CT molecular complexity index is 6870. The van der Waals surface area contributed by atoms with Gasteiger partial charge in [-0.2, -0.15) is 0 Å². The molecule has 0 aliphatic heterocycles. The van der Waals surface area contributed by atoms with Gasteiger partial charge in [-0.25, -0.2) is 0 Å². The summed E-state index contributed by atoms with van der Waals surface area (Å²) in [6.45, 7) is 18.5. The molecule has 19 aromatic rings. The van der Waals surface area contributed by atoms with Gasteiger partial charge < -0.3 is 18.9 Å². The lowest BCUT2D eigenvalue weighted by Crippen LogP contribution is -2.18. The molecule has 556 valence electrons. The second kappa shape index (κ2) is 28.5. The standard InChI is InChI=1S/C59H46N2.C53H42N2/c1-39-35-45(43-29-27-42(28-30-43)41-17-7-5-8-18-41)36-40(2)58(39)61(47-31-33-49-48-21-11-14-24-53(48)59(3,4)54(49)38-47)57-34-32-46(37-52(57)44-19-9-6-10-20-44)60-55-25-15-12-22-50(55)51-23-13-16-26-56(51)60;1-35-32-40(39-24-22-38(23-25-39)37-14-6-5-7-15-37)33-36(2)52(35)54(43-30-31-45-44-16-8-11-19-48(44)53(3,4)49(45)34-43)41-26-28-42(29-27-41)55-50-20-12-9-17-46(50)47-18-10-13-21-51(47)55/h5-38H,1-4H3;5-34H,1-4H3. The Morgan fingerprint density at radius 1 is 0.207 bits per heavy atom. The SMILES string of the molecule is Cc1cc(-c2ccc(-c3ccccc3)cc2)cc(C)c1N(c1ccc(-n2c3ccccc3c3ccccc32)cc1)c1ccc2c(c1)C(C)(C)c1ccccc1-2.Cc1cc(-c2ccc(-c3ccccc3)cc2)cc(C)c1N(c1ccc2c(c1)C(C)(C)c1ccccc1-2)c1ccc(-n2c3ccccc3c3ccccc32)cc1-c1ccccc1. The zero-order valence-corrected chi connectivity index (χ0v) is 66.7. The molecule has 4 heteroatoms. The fraction of sp³-hybridized carbons (Fsp3) is 0.0893. The maximum Gasteiger partial charge on any atom is 0.0541 e. The summed E-state index contributed by atoms with van der Waals surface area (Å²) in [5.74, 6) is 0. The molecule has 2 aromatic heterocycles. The molecule has 0 radical (unpaired) electrons. The van der Waals surface area contributed by atoms with Crippen molar-refractivity contribution in [3.8, 4) is 89.3 Å². The van der Waals surface area contributed by atoms with Crippen LogP contribution < -0.4 is 9.80 Å². The Morgan fingerprint density at radius 3 is 0.922 bits per heavy atom. The maximum atomic E-state index is 2.53. The maximum absolute atomic E-state index is 2.53. The van der Waals surface area contributed by atoms with Crippen LogP contribution in [-0.2, 0) is 10.8 Å². The fourth-order valence-electron chi connectivity index (χ4n) is 19.2. The molecular formula is C112H88N4. The van der Waals surface area contributed by atoms with Crippen molar-refractivity contribution < 1.29 is 0 Å². The third kappa shape index (κ3) is 12.0. The normalized spacial score (nSPS) is 12.8. The van der Waals surface area contributed by atoms with E-state index in [1.54, 1.807) is 0 Å². The Labute approximate surface area is 680 Å². The number of aromatic nitrogens is 2. The molecule has 21 rings (SSSR count). The van der Waals surface area contributed by atoms with E-state index in [1.807, 2.05) is 0 Å². The van der Waals surface area contributed by atoms with E-state index in [0.29, 0.717) is 0 Å². The largest absolute Gasteiger partial charge is 0.310 e. The molecule has 2 aliphatic rings. The summed E-state index contributed by atoms with van der Waals surface area (Å²) in [6, 6.07) is 143. The van der Waals surface area contributed by atoms with Gasteiger partial charge in [0, 0.05) is 66.4 Å². The monoisotopic (exact) mass is 1490 g/mol. The number of nitrogens with zero attached hydrogens (tertiary/aromatic N) is 4. The molecule has 0 atom stereocenters. The minimum atomic E-state index is -0.143. The second-order valence-electron chi connectivity index (χ2n) is 32.6. The molecule has 0 amide bonds. The van der Waals surface area contributed by atoms with E-state index in [9.17, 15) is 0 Å². The number of fused-ring (bicyclic) bond motifs is 12. The lowest BCUT2D eigenvalue weighted by atomic mass is 9.82. The van der Waals surface area contributed by atoms with Crippen LogP contribution in [0.3, 0.4) is 0 Å². The molecule has 0 spiro atoms. The van der Waals surface area contributed by atoms with Crippen molar-refractivity contribution >= 4 is 77.7 Å². The molecule has 4 nitrogen and oxygen atoms in total. The van der Waals surface area contributed by atoms with Gasteiger partial charge in [0.25, 0.3) is 0 Å². The topological polar surface area (TPSA) is 16.3 Å². The van der Waals surface area contributed by atoms with E-state index in [4.69, 9.17) is 0 Å². The Kier molecular flexibility index (Phi) is 17.5. The van der Waals surface area contributed by atoms with Gasteiger partial charge in [-0.1, -0.05) is 301 Å². The highest BCUT2D eigenvalue weighted by Crippen LogP contribution is 2.55. The van der Waals surface area contributed by atoms with Crippen LogP contribution in [0.2, 0.25) is 0 Å². The lowest BCUT2D eigenvalue weighted by Gasteiger charge is -2.32. The number of rotatable bonds is 13. The first kappa shape index (κ1) is 71.0. The first-order valence-corrected chi connectivity index (χ1v) is 40.6. The van der Waals surface area contributed by atoms with Crippen molar-refractivity contribution in [1.82, 2.24) is 9.13 Å². The molecule has 0 bridgehead atoms. The first-order chi connectivity index (χ1) is 56.7. The predicted molar refractivity (Wildman–Crippen MR) is 492 cm³/mol. The summed E-state index contributed by atoms with van der Waals surface area (Å²) < 4.78 is 4.82. The number of aryl methyl sites for hydroxylation is 4. The number of hydrogen-bond acceptors (Lipinski definition) is 2. The Balaban J connectivity index is 0.000000150. The van der Waals surface area contributed by atoms with Gasteiger partial charge in [-0.3, -0.25) is 0 Å². The lowest BCUT2D eigenvalue weighted by molar-refractivity contribution is 0.660. The summed E-state index contributed by atoms with van der Waals surface area (Å²) in [5, 5.41) is 5.05. The van der Waals surface area contributed by atoms with Gasteiger partial charge in [-0.05, 0) is 260 Å². The zero-order valence-electron chi connectivity index (χ0n) is 66.7. The number of anilines is 6. The highest BCUT2D eigenvalue weighted by atomic mass is 15.2. The quantitative estimate of drug-likeness (QED) is 0.114. The summed E-state index contributed by atoms with van der Waals surface area (Å²) in [4.78, 5) is 5.01. The van der Waals surface area contributed by atoms with E-state index >= 15 is 0 Å². The molecule has 17 aromatic carbocycles. The van der Waals surface area contributed by atoms with Crippen LogP contribution in [0.5, 0.6) is 0 Å². The van der Waals surface area contributed by atoms with Crippen molar-refractivity contribution in [1.29, 1.82) is 0 Å². The van der Waals surface area contributed by atoms with Gasteiger partial charge >= 0.3 is 0 Å². The smallest absolute Gasteiger partial charge is 0.0541 e. The van der Waals surface area contributed by atoms with Crippen LogP contribution in [0.4, 0.5) is 34.1 Å². The summed E-state index contributed by atoms with van der Waals surface area (Å²) >= 11 is 0. The molecule has 116 heavy (non-hydrogen) atoms. The number of para-hydroxylation sites is 4. The molecule has 0 unspecified atom stereocenters. The average molecular weight is 1490 g/mol. The summed E-state index contributed by atoms with van der Waals surface area (Å²) in [6.07, 6.45) is 0. The molecule has 0 saturated carbocycles. The van der Waals surface area contributed by atoms with Crippen molar-refractivity contribution in [2.24, 2.45) is 0 Å². The van der Waals surface area contributed by atoms with Gasteiger partial charge in [0.1, 0.15) is 0 Å². The van der Waals surface area contributed by atoms with Crippen LogP contribution >= 0.6 is 0 Å². The van der Waals surface area contributed by atoms with Crippen molar-refractivity contribution in [3.05, 3.63) is 433 Å². The summed E-state index contributed by atoms with van der Waals surface area (Å²) in [5.41, 5.74) is 41.7. The third-order valence-electron chi connectivity index (χ3n) is 24.8. The highest BCUT2D eigenvalue weighted by molar-refractivity contribution is 6.11. The number of hydrogen-bond donors (Lipinski definition) is 0. The van der Waals surface area contributed by atoms with Crippen LogP contribution in [0, 0.1) is 27.7 Å². The van der Waals surface area contributed by atoms with E-state index in [0.717, 1.165) is 34.1 Å². The van der Waals surface area contributed by atoms with Crippen LogP contribution in [0.1, 0.15) is 72.2 Å². The van der Waals surface area contributed by atoms with Gasteiger partial charge in [0.15, 0.2) is 0 Å². The van der Waals surface area contributed by atoms with Crippen LogP contribution in [0.25, 0.3) is 133 Å². The highest BCUT2D eigenvalue weighted by Gasteiger charge is 2.38. The first-order valence-electron chi connectivity index (χ1n) is 40.6. The molecule has 2 heterocycles. The zero-order chi connectivity index (χ0) is 78.5. The molecule has 0 N–H and O–H groups in total. The van der Waals surface area contributed by atoms with Gasteiger partial charge in [-0.15, -0.1) is 0 Å². The minimum Gasteiger partial charge on any atom is -0.310 e. The van der Waals surface area contributed by atoms with Crippen molar-refractivity contribution in [2.75, 3.05) is 9.80 Å². The van der Waals surface area contributed by atoms with Gasteiger partial charge in [0.05, 0.1) is 39.1 Å². The molecular weight excluding hydrogens is 1400 g/mol. The van der Waals surface area contributed by atoms with Crippen molar-refractivity contribution in [2.45, 2.75) is 66.2 Å². The van der Waals surface area contributed by atoms with E-state index in [-0.39, 0.29) is 10.8 Å². The van der Waals surface area contributed by atoms with Crippen LogP contribution in [-0.4, -0.2) is 9.13 Å². The van der Waals surface area contributed by atoms with Crippen molar-refractivity contribution in [3.63, 3.8) is 0 Å². The minimum absolute atomic E-state index is 0.103. The Morgan fingerprint density at radius 2 is 0.509 bits per heavy atom. The molecule has 0 fully saturated rings. The van der Waals surface area contributed by atoms with E-state index in [2.05, 4.69) is 463 Å². The van der Waals surface area contributed by atoms with E-state index < -0.39 is 0 Å². The summed E-state index contributed by atoms with van der Waals surface area (Å²) in [7, 11) is 0. The fourth-order valence-corrected chi connectivity index (χ4v) is 19.2. The van der Waals surface area contributed by atoms with Gasteiger partial charge in [0.2, 0.25) is 0 Å². The Hall–Kier alpha value is -14.1. The average Bonchev–Trinajstić information content (AvgIpc) is 1.55. The second-order valence-corrected chi connectivity index (χ2v) is 32.6. The third-order valence-corrected chi connectivity index (χ3v) is 24.8. The number of benzene rings is 17. The van der Waals surface area contributed by atoms with Crippen LogP contribution in [0.15, 0.2) is 388 Å². The predicted octanol–water partition coefficient (Wildman–Crippen LogP) is 30.7. The molecule has 0 saturated heterocycles. The molecule has 2 aliphatic carbocycles.